The highest BCUT2D eigenvalue weighted by Crippen LogP contribution is 2.35. The quantitative estimate of drug-likeness (QED) is 0.666. The second-order valence-corrected chi connectivity index (χ2v) is 6.23. The SMILES string of the molecule is CC(C)c1cc(O)cc2sc3cccc(O)c3c(=O)c12. The fourth-order valence-corrected chi connectivity index (χ4v) is 3.65. The van der Waals surface area contributed by atoms with Gasteiger partial charge in [-0.25, -0.2) is 0 Å². The number of hydrogen-bond acceptors (Lipinski definition) is 4. The van der Waals surface area contributed by atoms with E-state index in [0.29, 0.717) is 10.8 Å². The Morgan fingerprint density at radius 3 is 2.50 bits per heavy atom. The number of rotatable bonds is 1. The van der Waals surface area contributed by atoms with Crippen LogP contribution in [0.4, 0.5) is 0 Å². The minimum Gasteiger partial charge on any atom is -0.508 e. The summed E-state index contributed by atoms with van der Waals surface area (Å²) in [5, 5.41) is 20.7. The molecule has 2 N–H and O–H groups in total. The number of phenolic OH excluding ortho intramolecular Hbond substituents is 2. The Kier molecular flexibility index (Phi) is 2.91. The molecule has 0 atom stereocenters. The molecule has 0 radical (unpaired) electrons. The van der Waals surface area contributed by atoms with Crippen molar-refractivity contribution in [3.63, 3.8) is 0 Å². The van der Waals surface area contributed by atoms with E-state index in [4.69, 9.17) is 0 Å². The van der Waals surface area contributed by atoms with E-state index in [2.05, 4.69) is 0 Å². The molecule has 0 aliphatic heterocycles. The lowest BCUT2D eigenvalue weighted by Gasteiger charge is -2.11. The maximum Gasteiger partial charge on any atom is 0.199 e. The van der Waals surface area contributed by atoms with E-state index in [0.717, 1.165) is 15.0 Å². The van der Waals surface area contributed by atoms with Crippen molar-refractivity contribution in [1.82, 2.24) is 0 Å². The van der Waals surface area contributed by atoms with Crippen molar-refractivity contribution >= 4 is 31.5 Å². The largest absolute Gasteiger partial charge is 0.508 e. The van der Waals surface area contributed by atoms with E-state index in [9.17, 15) is 15.0 Å². The summed E-state index contributed by atoms with van der Waals surface area (Å²) in [4.78, 5) is 12.7. The summed E-state index contributed by atoms with van der Waals surface area (Å²) in [6.07, 6.45) is 0. The average molecular weight is 286 g/mol. The van der Waals surface area contributed by atoms with E-state index in [-0.39, 0.29) is 22.8 Å². The van der Waals surface area contributed by atoms with Crippen LogP contribution in [-0.2, 0) is 0 Å². The van der Waals surface area contributed by atoms with Gasteiger partial charge >= 0.3 is 0 Å². The molecule has 0 saturated carbocycles. The standard InChI is InChI=1S/C16H14O3S/c1-8(2)10-6-9(17)7-13-14(10)16(19)15-11(18)4-3-5-12(15)20-13/h3-8,17-18H,1-2H3. The van der Waals surface area contributed by atoms with Crippen LogP contribution in [0.15, 0.2) is 35.1 Å². The average Bonchev–Trinajstić information content (AvgIpc) is 2.37. The maximum atomic E-state index is 12.7. The summed E-state index contributed by atoms with van der Waals surface area (Å²) < 4.78 is 1.47. The topological polar surface area (TPSA) is 57.5 Å². The lowest BCUT2D eigenvalue weighted by Crippen LogP contribution is -2.05. The Bertz CT molecular complexity index is 878. The minimum atomic E-state index is -0.171. The van der Waals surface area contributed by atoms with Gasteiger partial charge < -0.3 is 10.2 Å². The Hall–Kier alpha value is -2.07. The first-order valence-corrected chi connectivity index (χ1v) is 7.22. The zero-order chi connectivity index (χ0) is 14.4. The maximum absolute atomic E-state index is 12.7. The van der Waals surface area contributed by atoms with E-state index in [1.807, 2.05) is 13.8 Å². The number of aromatic hydroxyl groups is 2. The predicted molar refractivity (Wildman–Crippen MR) is 83.0 cm³/mol. The third-order valence-electron chi connectivity index (χ3n) is 3.42. The predicted octanol–water partition coefficient (Wildman–Crippen LogP) is 3.95. The molecule has 0 unspecified atom stereocenters. The normalized spacial score (nSPS) is 11.6. The van der Waals surface area contributed by atoms with Gasteiger partial charge in [0.1, 0.15) is 11.5 Å². The number of fused-ring (bicyclic) bond motifs is 2. The zero-order valence-corrected chi connectivity index (χ0v) is 12.0. The van der Waals surface area contributed by atoms with Crippen molar-refractivity contribution in [3.05, 3.63) is 46.1 Å². The van der Waals surface area contributed by atoms with E-state index in [1.165, 1.54) is 17.4 Å². The summed E-state index contributed by atoms with van der Waals surface area (Å²) in [5.41, 5.74) is 0.641. The molecule has 0 aliphatic carbocycles. The minimum absolute atomic E-state index is 0.00781. The van der Waals surface area contributed by atoms with Crippen LogP contribution < -0.4 is 5.43 Å². The second-order valence-electron chi connectivity index (χ2n) is 5.14. The van der Waals surface area contributed by atoms with Crippen molar-refractivity contribution in [2.24, 2.45) is 0 Å². The first-order chi connectivity index (χ1) is 9.49. The molecule has 3 rings (SSSR count). The molecule has 3 nitrogen and oxygen atoms in total. The molecule has 4 heteroatoms. The molecule has 1 heterocycles. The van der Waals surface area contributed by atoms with Crippen LogP contribution >= 0.6 is 11.3 Å². The fraction of sp³-hybridized carbons (Fsp3) is 0.188. The highest BCUT2D eigenvalue weighted by atomic mass is 32.1. The van der Waals surface area contributed by atoms with Gasteiger partial charge in [0, 0.05) is 14.8 Å². The fourth-order valence-electron chi connectivity index (χ4n) is 2.48. The molecule has 1 aromatic heterocycles. The van der Waals surface area contributed by atoms with Gasteiger partial charge in [0.05, 0.1) is 5.39 Å². The summed E-state index contributed by atoms with van der Waals surface area (Å²) in [5.74, 6) is 0.289. The highest BCUT2D eigenvalue weighted by Gasteiger charge is 2.15. The van der Waals surface area contributed by atoms with Gasteiger partial charge in [0.25, 0.3) is 0 Å². The van der Waals surface area contributed by atoms with Crippen LogP contribution in [0.1, 0.15) is 25.3 Å². The van der Waals surface area contributed by atoms with Gasteiger partial charge in [-0.3, -0.25) is 4.79 Å². The summed E-state index contributed by atoms with van der Waals surface area (Å²) in [7, 11) is 0. The molecule has 20 heavy (non-hydrogen) atoms. The van der Waals surface area contributed by atoms with Crippen molar-refractivity contribution in [2.45, 2.75) is 19.8 Å². The van der Waals surface area contributed by atoms with Crippen molar-refractivity contribution in [3.8, 4) is 11.5 Å². The van der Waals surface area contributed by atoms with Crippen molar-refractivity contribution in [2.75, 3.05) is 0 Å². The van der Waals surface area contributed by atoms with Crippen LogP contribution in [-0.4, -0.2) is 10.2 Å². The van der Waals surface area contributed by atoms with Crippen LogP contribution in [0.2, 0.25) is 0 Å². The third kappa shape index (κ3) is 1.84. The molecule has 0 spiro atoms. The van der Waals surface area contributed by atoms with Gasteiger partial charge in [-0.1, -0.05) is 19.9 Å². The molecule has 0 saturated heterocycles. The van der Waals surface area contributed by atoms with E-state index >= 15 is 0 Å². The smallest absolute Gasteiger partial charge is 0.199 e. The van der Waals surface area contributed by atoms with Crippen LogP contribution in [0.3, 0.4) is 0 Å². The van der Waals surface area contributed by atoms with Crippen LogP contribution in [0, 0.1) is 0 Å². The van der Waals surface area contributed by atoms with Gasteiger partial charge in [0.15, 0.2) is 5.43 Å². The number of benzene rings is 2. The van der Waals surface area contributed by atoms with Crippen LogP contribution in [0.5, 0.6) is 11.5 Å². The van der Waals surface area contributed by atoms with Gasteiger partial charge in [-0.15, -0.1) is 11.3 Å². The van der Waals surface area contributed by atoms with Crippen LogP contribution in [0.25, 0.3) is 20.2 Å². The molecule has 2 aromatic carbocycles. The third-order valence-corrected chi connectivity index (χ3v) is 4.52. The summed E-state index contributed by atoms with van der Waals surface area (Å²) in [6, 6.07) is 8.28. The second kappa shape index (κ2) is 4.49. The number of hydrogen-bond donors (Lipinski definition) is 2. The Labute approximate surface area is 119 Å². The first-order valence-electron chi connectivity index (χ1n) is 6.40. The molecule has 102 valence electrons. The molecule has 0 fully saturated rings. The van der Waals surface area contributed by atoms with Crippen molar-refractivity contribution in [1.29, 1.82) is 0 Å². The lowest BCUT2D eigenvalue weighted by atomic mass is 9.98. The zero-order valence-electron chi connectivity index (χ0n) is 11.2. The molecular weight excluding hydrogens is 272 g/mol. The van der Waals surface area contributed by atoms with E-state index < -0.39 is 0 Å². The summed E-state index contributed by atoms with van der Waals surface area (Å²) in [6.45, 7) is 3.96. The van der Waals surface area contributed by atoms with Gasteiger partial charge in [-0.05, 0) is 35.7 Å². The van der Waals surface area contributed by atoms with Crippen molar-refractivity contribution < 1.29 is 10.2 Å². The number of phenols is 2. The lowest BCUT2D eigenvalue weighted by molar-refractivity contribution is 0.475. The Balaban J connectivity index is 2.61. The molecule has 0 aliphatic rings. The highest BCUT2D eigenvalue weighted by molar-refractivity contribution is 7.24. The Morgan fingerprint density at radius 1 is 1.05 bits per heavy atom. The first kappa shape index (κ1) is 12.9. The molecule has 0 amide bonds. The van der Waals surface area contributed by atoms with Gasteiger partial charge in [0.2, 0.25) is 0 Å². The van der Waals surface area contributed by atoms with Gasteiger partial charge in [-0.2, -0.15) is 0 Å². The van der Waals surface area contributed by atoms with E-state index in [1.54, 1.807) is 24.3 Å². The Morgan fingerprint density at radius 2 is 1.80 bits per heavy atom. The molecule has 3 aromatic rings. The molecular formula is C16H14O3S. The monoisotopic (exact) mass is 286 g/mol. The summed E-state index contributed by atoms with van der Waals surface area (Å²) >= 11 is 1.41. The molecule has 0 bridgehead atoms.